The second kappa shape index (κ2) is 7.20. The smallest absolute Gasteiger partial charge is 0.263 e. The van der Waals surface area contributed by atoms with Crippen molar-refractivity contribution in [3.8, 4) is 5.88 Å². The van der Waals surface area contributed by atoms with Gasteiger partial charge in [-0.3, -0.25) is 4.79 Å². The summed E-state index contributed by atoms with van der Waals surface area (Å²) in [5.41, 5.74) is 9.03. The van der Waals surface area contributed by atoms with Crippen LogP contribution in [0.4, 0.5) is 10.1 Å². The molecule has 136 valence electrons. The maximum atomic E-state index is 12.8. The molecule has 0 radical (unpaired) electrons. The number of ether oxygens (including phenoxy) is 1. The summed E-state index contributed by atoms with van der Waals surface area (Å²) in [6.07, 6.45) is 0.0878. The van der Waals surface area contributed by atoms with E-state index in [1.54, 1.807) is 12.1 Å². The lowest BCUT2D eigenvalue weighted by molar-refractivity contribution is 0.0809. The van der Waals surface area contributed by atoms with Gasteiger partial charge in [0.1, 0.15) is 9.71 Å². The zero-order valence-electron chi connectivity index (χ0n) is 14.5. The number of alkyl halides is 1. The highest BCUT2D eigenvalue weighted by atomic mass is 32.1. The molecule has 3 aromatic rings. The lowest BCUT2D eigenvalue weighted by Crippen LogP contribution is -2.22. The zero-order valence-corrected chi connectivity index (χ0v) is 15.4. The summed E-state index contributed by atoms with van der Waals surface area (Å²) in [5.74, 6) is -0.103. The number of anilines is 1. The quantitative estimate of drug-likeness (QED) is 0.711. The number of hydrogen-bond donors (Lipinski definition) is 2. The Hall–Kier alpha value is -2.81. The number of rotatable bonds is 5. The Balaban J connectivity index is 1.73. The van der Waals surface area contributed by atoms with E-state index >= 15 is 0 Å². The maximum absolute atomic E-state index is 12.8. The molecule has 0 aromatic carbocycles. The lowest BCUT2D eigenvalue weighted by atomic mass is 10.1. The Morgan fingerprint density at radius 1 is 1.38 bits per heavy atom. The van der Waals surface area contributed by atoms with E-state index in [2.05, 4.69) is 20.5 Å². The lowest BCUT2D eigenvalue weighted by Gasteiger charge is -2.07. The number of carbonyl (C=O) groups excluding carboxylic acids is 1. The van der Waals surface area contributed by atoms with Crippen LogP contribution in [0.25, 0.3) is 10.2 Å². The Labute approximate surface area is 153 Å². The standard InChI is InChI=1S/C17H18FN5O2S/c1-8-9(2)22-23-17-13(8)14(19)15(26-17)16(24)21-7-11-4-5-12(20-6-11)25-10(3)18/h4-6,10H,7,19H2,1-3H3,(H,21,24). The molecular weight excluding hydrogens is 357 g/mol. The van der Waals surface area contributed by atoms with Gasteiger partial charge < -0.3 is 15.8 Å². The van der Waals surface area contributed by atoms with Gasteiger partial charge in [0.15, 0.2) is 0 Å². The van der Waals surface area contributed by atoms with Gasteiger partial charge in [-0.2, -0.15) is 5.10 Å². The predicted molar refractivity (Wildman–Crippen MR) is 97.9 cm³/mol. The first-order valence-electron chi connectivity index (χ1n) is 7.92. The Bertz CT molecular complexity index is 956. The molecule has 7 nitrogen and oxygen atoms in total. The van der Waals surface area contributed by atoms with Crippen LogP contribution in [0.1, 0.15) is 33.4 Å². The normalized spacial score (nSPS) is 12.2. The molecule has 1 atom stereocenters. The van der Waals surface area contributed by atoms with Crippen LogP contribution in [-0.4, -0.2) is 27.4 Å². The van der Waals surface area contributed by atoms with Crippen molar-refractivity contribution in [2.24, 2.45) is 0 Å². The molecule has 0 bridgehead atoms. The number of nitrogens with zero attached hydrogens (tertiary/aromatic N) is 3. The molecule has 3 rings (SSSR count). The number of nitrogens with one attached hydrogen (secondary N) is 1. The van der Waals surface area contributed by atoms with E-state index in [4.69, 9.17) is 10.5 Å². The minimum atomic E-state index is -1.43. The molecule has 3 aromatic heterocycles. The van der Waals surface area contributed by atoms with Crippen LogP contribution >= 0.6 is 11.3 Å². The number of carbonyl (C=O) groups is 1. The molecule has 0 spiro atoms. The zero-order chi connectivity index (χ0) is 18.8. The molecule has 0 aliphatic carbocycles. The molecule has 0 saturated carbocycles. The van der Waals surface area contributed by atoms with Crippen LogP contribution in [0.2, 0.25) is 0 Å². The number of thiophene rings is 1. The van der Waals surface area contributed by atoms with Gasteiger partial charge in [0.25, 0.3) is 5.91 Å². The van der Waals surface area contributed by atoms with Crippen LogP contribution in [0.15, 0.2) is 18.3 Å². The summed E-state index contributed by atoms with van der Waals surface area (Å²) in [5, 5.41) is 11.8. The fourth-order valence-corrected chi connectivity index (χ4v) is 3.44. The van der Waals surface area contributed by atoms with E-state index in [1.807, 2.05) is 13.8 Å². The first-order chi connectivity index (χ1) is 12.4. The number of nitrogen functional groups attached to an aromatic ring is 1. The highest BCUT2D eigenvalue weighted by Crippen LogP contribution is 2.34. The van der Waals surface area contributed by atoms with E-state index < -0.39 is 6.36 Å². The molecule has 0 aliphatic rings. The molecular formula is C17H18FN5O2S. The van der Waals surface area contributed by atoms with Crippen LogP contribution in [0.5, 0.6) is 5.88 Å². The van der Waals surface area contributed by atoms with Crippen molar-refractivity contribution < 1.29 is 13.9 Å². The third-order valence-electron chi connectivity index (χ3n) is 3.88. The molecule has 3 heterocycles. The van der Waals surface area contributed by atoms with Crippen molar-refractivity contribution in [1.29, 1.82) is 0 Å². The Morgan fingerprint density at radius 3 is 2.81 bits per heavy atom. The van der Waals surface area contributed by atoms with Crippen LogP contribution in [-0.2, 0) is 6.54 Å². The number of pyridine rings is 1. The van der Waals surface area contributed by atoms with Gasteiger partial charge in [-0.1, -0.05) is 6.07 Å². The third-order valence-corrected chi connectivity index (χ3v) is 4.96. The number of aromatic nitrogens is 3. The van der Waals surface area contributed by atoms with Crippen molar-refractivity contribution in [3.63, 3.8) is 0 Å². The van der Waals surface area contributed by atoms with Crippen LogP contribution in [0.3, 0.4) is 0 Å². The van der Waals surface area contributed by atoms with Gasteiger partial charge in [0, 0.05) is 31.1 Å². The second-order valence-corrected chi connectivity index (χ2v) is 6.78. The summed E-state index contributed by atoms with van der Waals surface area (Å²) in [4.78, 5) is 17.5. The fourth-order valence-electron chi connectivity index (χ4n) is 2.42. The number of fused-ring (bicyclic) bond motifs is 1. The molecule has 1 amide bonds. The Kier molecular flexibility index (Phi) is 4.99. The van der Waals surface area contributed by atoms with Crippen molar-refractivity contribution in [2.75, 3.05) is 5.73 Å². The largest absolute Gasteiger partial charge is 0.444 e. The summed E-state index contributed by atoms with van der Waals surface area (Å²) < 4.78 is 17.6. The highest BCUT2D eigenvalue weighted by Gasteiger charge is 2.19. The highest BCUT2D eigenvalue weighted by molar-refractivity contribution is 7.21. The number of halogens is 1. The molecule has 0 fully saturated rings. The number of amides is 1. The fraction of sp³-hybridized carbons (Fsp3) is 0.294. The average Bonchev–Trinajstić information content (AvgIpc) is 2.94. The molecule has 9 heteroatoms. The number of nitrogens with two attached hydrogens (primary N) is 1. The van der Waals surface area contributed by atoms with Crippen LogP contribution < -0.4 is 15.8 Å². The van der Waals surface area contributed by atoms with Gasteiger partial charge in [-0.05, 0) is 25.0 Å². The minimum Gasteiger partial charge on any atom is -0.444 e. The topological polar surface area (TPSA) is 103 Å². The van der Waals surface area contributed by atoms with E-state index in [1.165, 1.54) is 24.5 Å². The molecule has 1 unspecified atom stereocenters. The summed E-state index contributed by atoms with van der Waals surface area (Å²) in [6, 6.07) is 3.26. The molecule has 0 aliphatic heterocycles. The molecule has 26 heavy (non-hydrogen) atoms. The van der Waals surface area contributed by atoms with Gasteiger partial charge in [-0.15, -0.1) is 16.4 Å². The van der Waals surface area contributed by atoms with Gasteiger partial charge >= 0.3 is 0 Å². The van der Waals surface area contributed by atoms with Crippen LogP contribution in [0, 0.1) is 13.8 Å². The predicted octanol–water partition coefficient (Wildman–Crippen LogP) is 2.91. The SMILES string of the molecule is Cc1nnc2sc(C(=O)NCc3ccc(OC(C)F)nc3)c(N)c2c1C. The van der Waals surface area contributed by atoms with E-state index in [9.17, 15) is 9.18 Å². The number of hydrogen-bond acceptors (Lipinski definition) is 7. The van der Waals surface area contributed by atoms with Gasteiger partial charge in [-0.25, -0.2) is 9.37 Å². The third kappa shape index (κ3) is 3.57. The summed E-state index contributed by atoms with van der Waals surface area (Å²) in [7, 11) is 0. The first kappa shape index (κ1) is 18.0. The van der Waals surface area contributed by atoms with Crippen molar-refractivity contribution in [2.45, 2.75) is 33.7 Å². The minimum absolute atomic E-state index is 0.188. The van der Waals surface area contributed by atoms with Crippen molar-refractivity contribution >= 4 is 33.1 Å². The van der Waals surface area contributed by atoms with Gasteiger partial charge in [0.2, 0.25) is 12.2 Å². The van der Waals surface area contributed by atoms with Crippen molar-refractivity contribution in [3.05, 3.63) is 40.0 Å². The number of aryl methyl sites for hydroxylation is 2. The van der Waals surface area contributed by atoms with E-state index in [0.717, 1.165) is 22.2 Å². The van der Waals surface area contributed by atoms with Crippen molar-refractivity contribution in [1.82, 2.24) is 20.5 Å². The average molecular weight is 375 g/mol. The summed E-state index contributed by atoms with van der Waals surface area (Å²) >= 11 is 1.21. The van der Waals surface area contributed by atoms with E-state index in [0.29, 0.717) is 15.4 Å². The molecule has 3 N–H and O–H groups in total. The second-order valence-electron chi connectivity index (χ2n) is 5.78. The monoisotopic (exact) mass is 375 g/mol. The first-order valence-corrected chi connectivity index (χ1v) is 8.74. The van der Waals surface area contributed by atoms with Gasteiger partial charge in [0.05, 0.1) is 11.4 Å². The van der Waals surface area contributed by atoms with E-state index in [-0.39, 0.29) is 18.3 Å². The molecule has 0 saturated heterocycles. The Morgan fingerprint density at radius 2 is 2.15 bits per heavy atom. The summed E-state index contributed by atoms with van der Waals surface area (Å²) in [6.45, 7) is 5.29. The maximum Gasteiger partial charge on any atom is 0.263 e.